The normalized spacial score (nSPS) is 31.2. The predicted molar refractivity (Wildman–Crippen MR) is 65.6 cm³/mol. The molecule has 0 aromatic heterocycles. The summed E-state index contributed by atoms with van der Waals surface area (Å²) in [7, 11) is 0. The van der Waals surface area contributed by atoms with Crippen LogP contribution in [-0.4, -0.2) is 40.8 Å². The minimum atomic E-state index is -0.675. The van der Waals surface area contributed by atoms with Crippen molar-refractivity contribution >= 4 is 0 Å². The van der Waals surface area contributed by atoms with Crippen LogP contribution in [0.15, 0.2) is 0 Å². The molecule has 1 unspecified atom stereocenters. The first kappa shape index (κ1) is 13.3. The van der Waals surface area contributed by atoms with Crippen molar-refractivity contribution in [1.29, 1.82) is 0 Å². The first-order valence-electron chi connectivity index (χ1n) is 6.76. The Balaban J connectivity index is 2.21. The van der Waals surface area contributed by atoms with E-state index in [1.54, 1.807) is 0 Å². The molecule has 1 aliphatic heterocycles. The summed E-state index contributed by atoms with van der Waals surface area (Å²) in [5.74, 6) is 0.281. The van der Waals surface area contributed by atoms with Crippen LogP contribution in [0.4, 0.5) is 0 Å². The van der Waals surface area contributed by atoms with Crippen molar-refractivity contribution in [2.24, 2.45) is 5.92 Å². The predicted octanol–water partition coefficient (Wildman–Crippen LogP) is 1.01. The molecule has 2 rings (SSSR count). The molecule has 2 aliphatic rings. The number of hydrogen-bond donors (Lipinski definition) is 3. The van der Waals surface area contributed by atoms with Crippen LogP contribution in [0.5, 0.6) is 0 Å². The van der Waals surface area contributed by atoms with Crippen LogP contribution in [0.1, 0.15) is 46.0 Å². The molecule has 1 heterocycles. The molecular formula is C13H25NO3. The highest BCUT2D eigenvalue weighted by atomic mass is 16.5. The zero-order valence-electron chi connectivity index (χ0n) is 10.9. The van der Waals surface area contributed by atoms with Gasteiger partial charge in [0, 0.05) is 0 Å². The van der Waals surface area contributed by atoms with E-state index in [0.29, 0.717) is 0 Å². The maximum atomic E-state index is 9.65. The van der Waals surface area contributed by atoms with Gasteiger partial charge in [-0.2, -0.15) is 0 Å². The van der Waals surface area contributed by atoms with Crippen molar-refractivity contribution in [2.75, 3.05) is 13.2 Å². The average molecular weight is 243 g/mol. The van der Waals surface area contributed by atoms with E-state index >= 15 is 0 Å². The van der Waals surface area contributed by atoms with E-state index in [4.69, 9.17) is 4.74 Å². The molecule has 100 valence electrons. The number of nitrogens with one attached hydrogen (secondary N) is 1. The smallest absolute Gasteiger partial charge is 0.120 e. The highest BCUT2D eigenvalue weighted by Gasteiger charge is 2.55. The summed E-state index contributed by atoms with van der Waals surface area (Å²) in [6.07, 6.45) is 5.42. The summed E-state index contributed by atoms with van der Waals surface area (Å²) >= 11 is 0. The van der Waals surface area contributed by atoms with E-state index < -0.39 is 5.54 Å². The van der Waals surface area contributed by atoms with E-state index in [2.05, 4.69) is 19.2 Å². The second kappa shape index (κ2) is 4.84. The van der Waals surface area contributed by atoms with Crippen molar-refractivity contribution in [3.8, 4) is 0 Å². The maximum absolute atomic E-state index is 9.65. The molecule has 4 heteroatoms. The topological polar surface area (TPSA) is 61.7 Å². The van der Waals surface area contributed by atoms with Gasteiger partial charge in [0.15, 0.2) is 0 Å². The molecule has 1 spiro atoms. The SMILES string of the molecule is CC(C)C1OC2(CCCCC2)NC1(CO)CO. The van der Waals surface area contributed by atoms with Gasteiger partial charge in [0.2, 0.25) is 0 Å². The molecule has 17 heavy (non-hydrogen) atoms. The van der Waals surface area contributed by atoms with Crippen LogP contribution < -0.4 is 5.32 Å². The molecule has 0 radical (unpaired) electrons. The number of aliphatic hydroxyl groups excluding tert-OH is 2. The minimum Gasteiger partial charge on any atom is -0.394 e. The van der Waals surface area contributed by atoms with Gasteiger partial charge in [-0.1, -0.05) is 20.3 Å². The highest BCUT2D eigenvalue weighted by Crippen LogP contribution is 2.41. The first-order chi connectivity index (χ1) is 8.07. The Morgan fingerprint density at radius 1 is 1.18 bits per heavy atom. The Labute approximate surface area is 103 Å². The van der Waals surface area contributed by atoms with Crippen molar-refractivity contribution in [3.63, 3.8) is 0 Å². The fraction of sp³-hybridized carbons (Fsp3) is 1.00. The van der Waals surface area contributed by atoms with Crippen molar-refractivity contribution in [3.05, 3.63) is 0 Å². The Morgan fingerprint density at radius 2 is 1.76 bits per heavy atom. The fourth-order valence-electron chi connectivity index (χ4n) is 3.36. The highest BCUT2D eigenvalue weighted by molar-refractivity contribution is 5.07. The third kappa shape index (κ3) is 2.24. The molecule has 0 bridgehead atoms. The quantitative estimate of drug-likeness (QED) is 0.692. The number of ether oxygens (including phenoxy) is 1. The maximum Gasteiger partial charge on any atom is 0.120 e. The van der Waals surface area contributed by atoms with Crippen LogP contribution in [0.2, 0.25) is 0 Å². The van der Waals surface area contributed by atoms with E-state index in [-0.39, 0.29) is 31.0 Å². The van der Waals surface area contributed by atoms with Gasteiger partial charge < -0.3 is 14.9 Å². The molecule has 0 amide bonds. The number of aliphatic hydroxyl groups is 2. The lowest BCUT2D eigenvalue weighted by molar-refractivity contribution is -0.0927. The molecule has 1 aliphatic carbocycles. The number of rotatable bonds is 3. The van der Waals surface area contributed by atoms with Gasteiger partial charge in [-0.25, -0.2) is 0 Å². The van der Waals surface area contributed by atoms with Crippen LogP contribution in [0, 0.1) is 5.92 Å². The van der Waals surface area contributed by atoms with Crippen LogP contribution >= 0.6 is 0 Å². The summed E-state index contributed by atoms with van der Waals surface area (Å²) in [5, 5.41) is 22.7. The summed E-state index contributed by atoms with van der Waals surface area (Å²) in [5.41, 5.74) is -0.982. The zero-order valence-corrected chi connectivity index (χ0v) is 10.9. The van der Waals surface area contributed by atoms with Crippen molar-refractivity contribution < 1.29 is 14.9 Å². The van der Waals surface area contributed by atoms with E-state index in [0.717, 1.165) is 25.7 Å². The Bertz CT molecular complexity index is 257. The largest absolute Gasteiger partial charge is 0.394 e. The lowest BCUT2D eigenvalue weighted by Crippen LogP contribution is -2.59. The minimum absolute atomic E-state index is 0.0753. The van der Waals surface area contributed by atoms with Gasteiger partial charge in [-0.05, 0) is 31.6 Å². The lowest BCUT2D eigenvalue weighted by Gasteiger charge is -2.35. The Kier molecular flexibility index (Phi) is 3.78. The fourth-order valence-corrected chi connectivity index (χ4v) is 3.36. The van der Waals surface area contributed by atoms with Gasteiger partial charge in [-0.15, -0.1) is 0 Å². The molecule has 1 saturated carbocycles. The first-order valence-corrected chi connectivity index (χ1v) is 6.76. The standard InChI is InChI=1S/C13H25NO3/c1-10(2)11-12(8-15,9-16)14-13(17-11)6-4-3-5-7-13/h10-11,14-16H,3-9H2,1-2H3. The Hall–Kier alpha value is -0.160. The van der Waals surface area contributed by atoms with Crippen molar-refractivity contribution in [2.45, 2.75) is 63.3 Å². The summed E-state index contributed by atoms with van der Waals surface area (Å²) in [6.45, 7) is 4.00. The van der Waals surface area contributed by atoms with Gasteiger partial charge in [0.25, 0.3) is 0 Å². The Morgan fingerprint density at radius 3 is 2.18 bits per heavy atom. The number of hydrogen-bond acceptors (Lipinski definition) is 4. The molecule has 3 N–H and O–H groups in total. The second-order valence-corrected chi connectivity index (χ2v) is 5.93. The van der Waals surface area contributed by atoms with Crippen molar-refractivity contribution in [1.82, 2.24) is 5.32 Å². The molecule has 0 aromatic rings. The monoisotopic (exact) mass is 243 g/mol. The summed E-state index contributed by atoms with van der Waals surface area (Å²) in [6, 6.07) is 0. The van der Waals surface area contributed by atoms with Gasteiger partial charge in [0.1, 0.15) is 5.72 Å². The van der Waals surface area contributed by atoms with Crippen LogP contribution in [0.25, 0.3) is 0 Å². The third-order valence-corrected chi connectivity index (χ3v) is 4.20. The van der Waals surface area contributed by atoms with Gasteiger partial charge >= 0.3 is 0 Å². The molecule has 2 fully saturated rings. The zero-order chi connectivity index (χ0) is 12.5. The molecule has 1 saturated heterocycles. The average Bonchev–Trinajstić information content (AvgIpc) is 2.66. The third-order valence-electron chi connectivity index (χ3n) is 4.20. The summed E-state index contributed by atoms with van der Waals surface area (Å²) in [4.78, 5) is 0. The molecule has 4 nitrogen and oxygen atoms in total. The molecule has 0 aromatic carbocycles. The van der Waals surface area contributed by atoms with Gasteiger partial charge in [-0.3, -0.25) is 5.32 Å². The van der Waals surface area contributed by atoms with E-state index in [1.807, 2.05) is 0 Å². The van der Waals surface area contributed by atoms with E-state index in [9.17, 15) is 10.2 Å². The van der Waals surface area contributed by atoms with Crippen LogP contribution in [-0.2, 0) is 4.74 Å². The van der Waals surface area contributed by atoms with E-state index in [1.165, 1.54) is 6.42 Å². The summed E-state index contributed by atoms with van der Waals surface area (Å²) < 4.78 is 6.22. The second-order valence-electron chi connectivity index (χ2n) is 5.93. The molecule has 1 atom stereocenters. The van der Waals surface area contributed by atoms with Gasteiger partial charge in [0.05, 0.1) is 24.9 Å². The van der Waals surface area contributed by atoms with Crippen LogP contribution in [0.3, 0.4) is 0 Å². The lowest BCUT2D eigenvalue weighted by atomic mass is 9.86. The molecular weight excluding hydrogens is 218 g/mol.